The van der Waals surface area contributed by atoms with Crippen LogP contribution in [0.15, 0.2) is 43.1 Å². The zero-order valence-electron chi connectivity index (χ0n) is 9.60. The van der Waals surface area contributed by atoms with Gasteiger partial charge in [-0.3, -0.25) is 4.40 Å². The lowest BCUT2D eigenvalue weighted by Crippen LogP contribution is -1.98. The minimum Gasteiger partial charge on any atom is -0.271 e. The lowest BCUT2D eigenvalue weighted by molar-refractivity contribution is 0.627. The van der Waals surface area contributed by atoms with E-state index < -0.39 is 0 Å². The third-order valence-electron chi connectivity index (χ3n) is 2.93. The molecule has 1 aromatic carbocycles. The first-order valence-electron chi connectivity index (χ1n) is 5.61. The van der Waals surface area contributed by atoms with Crippen molar-refractivity contribution in [3.63, 3.8) is 0 Å². The minimum atomic E-state index is -0.284. The van der Waals surface area contributed by atoms with Crippen molar-refractivity contribution in [2.75, 3.05) is 0 Å². The van der Waals surface area contributed by atoms with Crippen LogP contribution in [-0.2, 0) is 0 Å². The fraction of sp³-hybridized carbons (Fsp3) is 0. The van der Waals surface area contributed by atoms with Crippen LogP contribution in [0.1, 0.15) is 0 Å². The molecule has 0 saturated carbocycles. The van der Waals surface area contributed by atoms with Crippen molar-refractivity contribution in [1.29, 1.82) is 0 Å². The summed E-state index contributed by atoms with van der Waals surface area (Å²) in [5.41, 5.74) is 2.10. The molecule has 3 aromatic heterocycles. The van der Waals surface area contributed by atoms with E-state index in [4.69, 9.17) is 0 Å². The van der Waals surface area contributed by atoms with E-state index in [1.807, 2.05) is 0 Å². The van der Waals surface area contributed by atoms with Gasteiger partial charge in [0.05, 0.1) is 17.3 Å². The standard InChI is InChI=1S/C12H7FN6/c13-8-1-3-9(4-2-8)19-11-10(5-16-19)12-17-15-7-18(12)6-14-11/h1-7H. The van der Waals surface area contributed by atoms with E-state index in [9.17, 15) is 4.39 Å². The predicted molar refractivity (Wildman–Crippen MR) is 65.4 cm³/mol. The van der Waals surface area contributed by atoms with Crippen molar-refractivity contribution in [2.24, 2.45) is 0 Å². The first kappa shape index (κ1) is 10.1. The normalized spacial score (nSPS) is 11.4. The molecule has 0 N–H and O–H groups in total. The number of fused-ring (bicyclic) bond motifs is 3. The molecule has 0 fully saturated rings. The molecule has 0 saturated heterocycles. The number of benzene rings is 1. The average molecular weight is 254 g/mol. The zero-order valence-corrected chi connectivity index (χ0v) is 9.60. The minimum absolute atomic E-state index is 0.284. The number of nitrogens with zero attached hydrogens (tertiary/aromatic N) is 6. The summed E-state index contributed by atoms with van der Waals surface area (Å²) < 4.78 is 16.3. The number of halogens is 1. The Labute approximate surface area is 106 Å². The molecular weight excluding hydrogens is 247 g/mol. The first-order valence-corrected chi connectivity index (χ1v) is 5.61. The number of rotatable bonds is 1. The molecule has 7 heteroatoms. The largest absolute Gasteiger partial charge is 0.271 e. The molecule has 4 rings (SSSR count). The van der Waals surface area contributed by atoms with E-state index in [2.05, 4.69) is 20.3 Å². The van der Waals surface area contributed by atoms with Crippen LogP contribution in [0.4, 0.5) is 4.39 Å². The molecule has 6 nitrogen and oxygen atoms in total. The van der Waals surface area contributed by atoms with E-state index in [1.165, 1.54) is 12.1 Å². The Kier molecular flexibility index (Phi) is 1.91. The molecule has 3 heterocycles. The molecule has 0 unspecified atom stereocenters. The van der Waals surface area contributed by atoms with Gasteiger partial charge in [0.15, 0.2) is 11.3 Å². The summed E-state index contributed by atoms with van der Waals surface area (Å²) in [6.07, 6.45) is 4.88. The Bertz CT molecular complexity index is 876. The third kappa shape index (κ3) is 1.41. The average Bonchev–Trinajstić information content (AvgIpc) is 3.04. The first-order chi connectivity index (χ1) is 9.33. The van der Waals surface area contributed by atoms with Crippen LogP contribution in [0.25, 0.3) is 22.4 Å². The summed E-state index contributed by atoms with van der Waals surface area (Å²) in [6.45, 7) is 0. The predicted octanol–water partition coefficient (Wildman–Crippen LogP) is 1.60. The van der Waals surface area contributed by atoms with Crippen LogP contribution in [0.2, 0.25) is 0 Å². The van der Waals surface area contributed by atoms with Gasteiger partial charge in [0.2, 0.25) is 0 Å². The van der Waals surface area contributed by atoms with Gasteiger partial charge >= 0.3 is 0 Å². The Morgan fingerprint density at radius 2 is 1.84 bits per heavy atom. The summed E-state index contributed by atoms with van der Waals surface area (Å²) in [5.74, 6) is -0.284. The van der Waals surface area contributed by atoms with E-state index in [0.29, 0.717) is 11.3 Å². The van der Waals surface area contributed by atoms with Crippen LogP contribution >= 0.6 is 0 Å². The molecular formula is C12H7FN6. The highest BCUT2D eigenvalue weighted by Gasteiger charge is 2.10. The third-order valence-corrected chi connectivity index (χ3v) is 2.93. The maximum absolute atomic E-state index is 12.9. The molecule has 4 aromatic rings. The maximum Gasteiger partial charge on any atom is 0.174 e. The fourth-order valence-electron chi connectivity index (χ4n) is 2.03. The second-order valence-electron chi connectivity index (χ2n) is 4.08. The molecule has 0 aliphatic carbocycles. The smallest absolute Gasteiger partial charge is 0.174 e. The number of hydrogen-bond donors (Lipinski definition) is 0. The number of hydrogen-bond acceptors (Lipinski definition) is 4. The maximum atomic E-state index is 12.9. The summed E-state index contributed by atoms with van der Waals surface area (Å²) >= 11 is 0. The molecule has 0 bridgehead atoms. The van der Waals surface area contributed by atoms with Gasteiger partial charge in [0.1, 0.15) is 18.5 Å². The number of aromatic nitrogens is 6. The van der Waals surface area contributed by atoms with Crippen LogP contribution in [0.5, 0.6) is 0 Å². The fourth-order valence-corrected chi connectivity index (χ4v) is 2.03. The Balaban J connectivity index is 2.02. The van der Waals surface area contributed by atoms with Crippen molar-refractivity contribution in [1.82, 2.24) is 29.4 Å². The molecule has 0 amide bonds. The Hall–Kier alpha value is -2.83. The van der Waals surface area contributed by atoms with Gasteiger partial charge in [-0.2, -0.15) is 5.10 Å². The van der Waals surface area contributed by atoms with Gasteiger partial charge in [0, 0.05) is 0 Å². The highest BCUT2D eigenvalue weighted by atomic mass is 19.1. The van der Waals surface area contributed by atoms with Crippen molar-refractivity contribution < 1.29 is 4.39 Å². The molecule has 19 heavy (non-hydrogen) atoms. The van der Waals surface area contributed by atoms with E-state index in [1.54, 1.807) is 40.1 Å². The van der Waals surface area contributed by atoms with Gasteiger partial charge in [-0.25, -0.2) is 14.1 Å². The molecule has 0 aliphatic rings. The Morgan fingerprint density at radius 3 is 2.68 bits per heavy atom. The summed E-state index contributed by atoms with van der Waals surface area (Å²) in [4.78, 5) is 4.33. The lowest BCUT2D eigenvalue weighted by Gasteiger charge is -2.02. The van der Waals surface area contributed by atoms with Crippen molar-refractivity contribution in [3.8, 4) is 5.69 Å². The van der Waals surface area contributed by atoms with E-state index >= 15 is 0 Å². The molecule has 0 spiro atoms. The second-order valence-corrected chi connectivity index (χ2v) is 4.08. The summed E-state index contributed by atoms with van der Waals surface area (Å²) in [7, 11) is 0. The van der Waals surface area contributed by atoms with Gasteiger partial charge in [-0.1, -0.05) is 0 Å². The molecule has 0 radical (unpaired) electrons. The highest BCUT2D eigenvalue weighted by Crippen LogP contribution is 2.19. The van der Waals surface area contributed by atoms with Crippen LogP contribution < -0.4 is 0 Å². The van der Waals surface area contributed by atoms with Crippen molar-refractivity contribution in [3.05, 3.63) is 48.9 Å². The second kappa shape index (κ2) is 3.58. The molecule has 92 valence electrons. The van der Waals surface area contributed by atoms with Crippen LogP contribution in [0.3, 0.4) is 0 Å². The van der Waals surface area contributed by atoms with E-state index in [-0.39, 0.29) is 5.82 Å². The zero-order chi connectivity index (χ0) is 12.8. The summed E-state index contributed by atoms with van der Waals surface area (Å²) in [6, 6.07) is 6.08. The highest BCUT2D eigenvalue weighted by molar-refractivity contribution is 5.89. The van der Waals surface area contributed by atoms with Crippen LogP contribution in [-0.4, -0.2) is 29.4 Å². The van der Waals surface area contributed by atoms with Gasteiger partial charge in [-0.05, 0) is 24.3 Å². The van der Waals surface area contributed by atoms with Crippen molar-refractivity contribution >= 4 is 16.7 Å². The lowest BCUT2D eigenvalue weighted by atomic mass is 10.3. The van der Waals surface area contributed by atoms with Gasteiger partial charge in [0.25, 0.3) is 0 Å². The molecule has 0 atom stereocenters. The topological polar surface area (TPSA) is 60.9 Å². The van der Waals surface area contributed by atoms with Crippen LogP contribution in [0, 0.1) is 5.82 Å². The quantitative estimate of drug-likeness (QED) is 0.517. The molecule has 0 aliphatic heterocycles. The SMILES string of the molecule is Fc1ccc(-n2ncc3c2ncn2cnnc32)cc1. The van der Waals surface area contributed by atoms with Gasteiger partial charge < -0.3 is 0 Å². The van der Waals surface area contributed by atoms with Crippen molar-refractivity contribution in [2.45, 2.75) is 0 Å². The van der Waals surface area contributed by atoms with Gasteiger partial charge in [-0.15, -0.1) is 10.2 Å². The monoisotopic (exact) mass is 254 g/mol. The van der Waals surface area contributed by atoms with E-state index in [0.717, 1.165) is 11.1 Å². The summed E-state index contributed by atoms with van der Waals surface area (Å²) in [5, 5.41) is 12.9. The Morgan fingerprint density at radius 1 is 1.00 bits per heavy atom.